The maximum atomic E-state index is 11.7. The van der Waals surface area contributed by atoms with E-state index in [1.807, 2.05) is 26.0 Å². The molecule has 0 saturated heterocycles. The zero-order valence-corrected chi connectivity index (χ0v) is 13.5. The van der Waals surface area contributed by atoms with E-state index in [0.717, 1.165) is 12.1 Å². The van der Waals surface area contributed by atoms with E-state index < -0.39 is 0 Å². The second kappa shape index (κ2) is 8.60. The molecule has 0 saturated carbocycles. The highest BCUT2D eigenvalue weighted by molar-refractivity contribution is 7.99. The molecule has 0 bridgehead atoms. The highest BCUT2D eigenvalue weighted by atomic mass is 32.2. The van der Waals surface area contributed by atoms with E-state index in [0.29, 0.717) is 24.3 Å². The van der Waals surface area contributed by atoms with Crippen molar-refractivity contribution in [3.05, 3.63) is 18.3 Å². The van der Waals surface area contributed by atoms with Crippen molar-refractivity contribution in [1.82, 2.24) is 20.5 Å². The van der Waals surface area contributed by atoms with Crippen molar-refractivity contribution in [2.24, 2.45) is 0 Å². The number of carbonyl (C=O) groups excluding carboxylic acids is 1. The number of rotatable bonds is 9. The van der Waals surface area contributed by atoms with Crippen LogP contribution in [0.3, 0.4) is 0 Å². The maximum absolute atomic E-state index is 11.7. The predicted octanol–water partition coefficient (Wildman–Crippen LogP) is 2.09. The lowest BCUT2D eigenvalue weighted by atomic mass is 10.4. The molecule has 2 aromatic rings. The van der Waals surface area contributed by atoms with Crippen LogP contribution >= 0.6 is 11.8 Å². The number of aromatic nitrogens is 3. The molecule has 0 radical (unpaired) electrons. The van der Waals surface area contributed by atoms with E-state index in [4.69, 9.17) is 9.15 Å². The van der Waals surface area contributed by atoms with Crippen LogP contribution < -0.4 is 5.32 Å². The Bertz CT molecular complexity index is 568. The monoisotopic (exact) mass is 324 g/mol. The van der Waals surface area contributed by atoms with Crippen LogP contribution in [0.4, 0.5) is 0 Å². The summed E-state index contributed by atoms with van der Waals surface area (Å²) >= 11 is 1.22. The zero-order valence-electron chi connectivity index (χ0n) is 12.7. The molecule has 0 fully saturated rings. The molecule has 7 nitrogen and oxygen atoms in total. The normalized spacial score (nSPS) is 11.0. The van der Waals surface area contributed by atoms with Gasteiger partial charge in [0.2, 0.25) is 5.91 Å². The molecule has 2 aromatic heterocycles. The summed E-state index contributed by atoms with van der Waals surface area (Å²) in [7, 11) is 0. The van der Waals surface area contributed by atoms with Crippen molar-refractivity contribution in [3.8, 4) is 11.6 Å². The maximum Gasteiger partial charge on any atom is 0.277 e. The van der Waals surface area contributed by atoms with Gasteiger partial charge in [0.15, 0.2) is 0 Å². The molecule has 2 rings (SSSR count). The molecule has 0 aromatic carbocycles. The van der Waals surface area contributed by atoms with E-state index in [1.165, 1.54) is 11.8 Å². The first-order valence-electron chi connectivity index (χ1n) is 7.13. The highest BCUT2D eigenvalue weighted by Gasteiger charge is 2.11. The van der Waals surface area contributed by atoms with Gasteiger partial charge >= 0.3 is 0 Å². The van der Waals surface area contributed by atoms with Crippen LogP contribution in [0.15, 0.2) is 28.0 Å². The Hall–Kier alpha value is -1.80. The summed E-state index contributed by atoms with van der Waals surface area (Å²) in [6, 6.07) is 3.69. The van der Waals surface area contributed by atoms with Gasteiger partial charge in [-0.3, -0.25) is 4.79 Å². The quantitative estimate of drug-likeness (QED) is 0.542. The molecule has 0 aliphatic rings. The summed E-state index contributed by atoms with van der Waals surface area (Å²) < 4.78 is 10.9. The smallest absolute Gasteiger partial charge is 0.277 e. The van der Waals surface area contributed by atoms with Gasteiger partial charge in [0.25, 0.3) is 11.1 Å². The lowest BCUT2D eigenvalue weighted by Gasteiger charge is -2.07. The average molecular weight is 324 g/mol. The molecule has 1 amide bonds. The van der Waals surface area contributed by atoms with Crippen molar-refractivity contribution < 1.29 is 13.9 Å². The van der Waals surface area contributed by atoms with E-state index in [9.17, 15) is 4.79 Å². The third-order valence-electron chi connectivity index (χ3n) is 2.66. The van der Waals surface area contributed by atoms with Crippen molar-refractivity contribution in [2.45, 2.75) is 31.6 Å². The third kappa shape index (κ3) is 5.53. The van der Waals surface area contributed by atoms with Crippen molar-refractivity contribution in [3.63, 3.8) is 0 Å². The standard InChI is InChI=1S/C14H20N4O3S/c1-10(2)20-8-4-7-16-12(19)9-22-14-18-17-13(21-14)11-5-3-6-15-11/h3,5-6,10,15H,4,7-9H2,1-2H3,(H,16,19). The first-order valence-corrected chi connectivity index (χ1v) is 8.12. The number of ether oxygens (including phenoxy) is 1. The van der Waals surface area contributed by atoms with Gasteiger partial charge in [-0.1, -0.05) is 11.8 Å². The Balaban J connectivity index is 1.64. The summed E-state index contributed by atoms with van der Waals surface area (Å²) in [4.78, 5) is 14.7. The van der Waals surface area contributed by atoms with Gasteiger partial charge in [0, 0.05) is 19.3 Å². The van der Waals surface area contributed by atoms with Crippen LogP contribution in [0.5, 0.6) is 0 Å². The Morgan fingerprint density at radius 1 is 1.50 bits per heavy atom. The minimum atomic E-state index is -0.0610. The molecule has 0 aliphatic heterocycles. The molecule has 8 heteroatoms. The van der Waals surface area contributed by atoms with Crippen LogP contribution in [0.1, 0.15) is 20.3 Å². The summed E-state index contributed by atoms with van der Waals surface area (Å²) in [5, 5.41) is 11.0. The van der Waals surface area contributed by atoms with E-state index in [1.54, 1.807) is 6.20 Å². The molecule has 2 heterocycles. The molecular formula is C14H20N4O3S. The number of hydrogen-bond acceptors (Lipinski definition) is 6. The van der Waals surface area contributed by atoms with Gasteiger partial charge in [0.1, 0.15) is 5.69 Å². The summed E-state index contributed by atoms with van der Waals surface area (Å²) in [5.41, 5.74) is 0.758. The number of amides is 1. The van der Waals surface area contributed by atoms with Gasteiger partial charge in [-0.2, -0.15) is 0 Å². The second-order valence-electron chi connectivity index (χ2n) is 4.87. The van der Waals surface area contributed by atoms with Crippen LogP contribution in [-0.2, 0) is 9.53 Å². The molecule has 0 atom stereocenters. The molecular weight excluding hydrogens is 304 g/mol. The summed E-state index contributed by atoms with van der Waals surface area (Å²) in [5.74, 6) is 0.602. The average Bonchev–Trinajstić information content (AvgIpc) is 3.15. The van der Waals surface area contributed by atoms with E-state index in [2.05, 4.69) is 20.5 Å². The van der Waals surface area contributed by atoms with Crippen LogP contribution in [0, 0.1) is 0 Å². The number of nitrogens with zero attached hydrogens (tertiary/aromatic N) is 2. The first kappa shape index (κ1) is 16.6. The van der Waals surface area contributed by atoms with Crippen molar-refractivity contribution >= 4 is 17.7 Å². The first-order chi connectivity index (χ1) is 10.6. The summed E-state index contributed by atoms with van der Waals surface area (Å²) in [6.45, 7) is 5.22. The molecule has 0 unspecified atom stereocenters. The number of aromatic amines is 1. The topological polar surface area (TPSA) is 93.0 Å². The Morgan fingerprint density at radius 3 is 3.09 bits per heavy atom. The van der Waals surface area contributed by atoms with Crippen molar-refractivity contribution in [2.75, 3.05) is 18.9 Å². The van der Waals surface area contributed by atoms with Gasteiger partial charge in [-0.25, -0.2) is 0 Å². The number of thioether (sulfide) groups is 1. The molecule has 0 spiro atoms. The minimum Gasteiger partial charge on any atom is -0.410 e. The fourth-order valence-electron chi connectivity index (χ4n) is 1.64. The van der Waals surface area contributed by atoms with Gasteiger partial charge in [0.05, 0.1) is 11.9 Å². The van der Waals surface area contributed by atoms with Crippen molar-refractivity contribution in [1.29, 1.82) is 0 Å². The van der Waals surface area contributed by atoms with E-state index in [-0.39, 0.29) is 17.8 Å². The Kier molecular flexibility index (Phi) is 6.47. The fraction of sp³-hybridized carbons (Fsp3) is 0.500. The molecule has 2 N–H and O–H groups in total. The molecule has 0 aliphatic carbocycles. The minimum absolute atomic E-state index is 0.0610. The number of nitrogens with one attached hydrogen (secondary N) is 2. The van der Waals surface area contributed by atoms with Crippen LogP contribution in [0.25, 0.3) is 11.6 Å². The second-order valence-corrected chi connectivity index (χ2v) is 5.80. The van der Waals surface area contributed by atoms with Crippen LogP contribution in [-0.4, -0.2) is 46.1 Å². The lowest BCUT2D eigenvalue weighted by molar-refractivity contribution is -0.118. The SMILES string of the molecule is CC(C)OCCCNC(=O)CSc1nnc(-c2ccc[nH]2)o1. The molecule has 22 heavy (non-hydrogen) atoms. The number of H-pyrrole nitrogens is 1. The van der Waals surface area contributed by atoms with Gasteiger partial charge in [-0.05, 0) is 32.4 Å². The predicted molar refractivity (Wildman–Crippen MR) is 83.5 cm³/mol. The lowest BCUT2D eigenvalue weighted by Crippen LogP contribution is -2.27. The number of hydrogen-bond donors (Lipinski definition) is 2. The molecule has 120 valence electrons. The van der Waals surface area contributed by atoms with Gasteiger partial charge < -0.3 is 19.5 Å². The van der Waals surface area contributed by atoms with Crippen LogP contribution in [0.2, 0.25) is 0 Å². The summed E-state index contributed by atoms with van der Waals surface area (Å²) in [6.07, 6.45) is 2.80. The van der Waals surface area contributed by atoms with Gasteiger partial charge in [-0.15, -0.1) is 10.2 Å². The zero-order chi connectivity index (χ0) is 15.8. The van der Waals surface area contributed by atoms with E-state index >= 15 is 0 Å². The third-order valence-corrected chi connectivity index (χ3v) is 3.47. The fourth-order valence-corrected chi connectivity index (χ4v) is 2.23. The largest absolute Gasteiger partial charge is 0.410 e. The number of carbonyl (C=O) groups is 1. The Morgan fingerprint density at radius 2 is 2.36 bits per heavy atom. The Labute approximate surface area is 133 Å². The highest BCUT2D eigenvalue weighted by Crippen LogP contribution is 2.21.